The Labute approximate surface area is 135 Å². The Hall–Kier alpha value is -2.22. The zero-order valence-electron chi connectivity index (χ0n) is 12.3. The summed E-state index contributed by atoms with van der Waals surface area (Å²) < 4.78 is 26.8. The van der Waals surface area contributed by atoms with Crippen LogP contribution in [-0.2, 0) is 27.0 Å². The molecule has 0 saturated carbocycles. The predicted octanol–water partition coefficient (Wildman–Crippen LogP) is 1.22. The van der Waals surface area contributed by atoms with E-state index in [1.165, 1.54) is 5.48 Å². The number of benzene rings is 2. The second-order valence-corrected chi connectivity index (χ2v) is 6.83. The summed E-state index contributed by atoms with van der Waals surface area (Å²) in [6.45, 7) is 0. The summed E-state index contributed by atoms with van der Waals surface area (Å²) in [6.07, 6.45) is 0.140. The molecule has 3 N–H and O–H groups in total. The molecule has 0 aliphatic heterocycles. The van der Waals surface area contributed by atoms with Gasteiger partial charge in [-0.05, 0) is 17.5 Å². The van der Waals surface area contributed by atoms with Crippen molar-refractivity contribution in [2.24, 2.45) is 0 Å². The van der Waals surface area contributed by atoms with E-state index in [0.717, 1.165) is 5.56 Å². The zero-order valence-corrected chi connectivity index (χ0v) is 13.2. The van der Waals surface area contributed by atoms with Gasteiger partial charge in [0.1, 0.15) is 6.04 Å². The number of hydroxylamine groups is 1. The number of hydrogen-bond donors (Lipinski definition) is 3. The Kier molecular flexibility index (Phi) is 5.86. The molecular weight excluding hydrogens is 316 g/mol. The molecule has 1 amide bonds. The quantitative estimate of drug-likeness (QED) is 0.524. The minimum atomic E-state index is -3.73. The van der Waals surface area contributed by atoms with E-state index < -0.39 is 22.0 Å². The predicted molar refractivity (Wildman–Crippen MR) is 86.1 cm³/mol. The van der Waals surface area contributed by atoms with Gasteiger partial charge in [0, 0.05) is 0 Å². The average Bonchev–Trinajstić information content (AvgIpc) is 2.54. The molecule has 2 rings (SSSR count). The monoisotopic (exact) mass is 334 g/mol. The largest absolute Gasteiger partial charge is 0.289 e. The minimum Gasteiger partial charge on any atom is -0.289 e. The summed E-state index contributed by atoms with van der Waals surface area (Å²) in [5, 5.41) is 8.84. The zero-order chi connectivity index (χ0) is 16.7. The lowest BCUT2D eigenvalue weighted by molar-refractivity contribution is -0.130. The van der Waals surface area contributed by atoms with Crippen molar-refractivity contribution < 1.29 is 18.4 Å². The highest BCUT2D eigenvalue weighted by atomic mass is 32.2. The number of carbonyl (C=O) groups is 1. The molecule has 1 atom stereocenters. The smallest absolute Gasteiger partial charge is 0.261 e. The molecule has 1 unspecified atom stereocenters. The summed E-state index contributed by atoms with van der Waals surface area (Å²) in [7, 11) is -3.73. The van der Waals surface area contributed by atoms with Gasteiger partial charge in [-0.25, -0.2) is 18.6 Å². The van der Waals surface area contributed by atoms with E-state index in [9.17, 15) is 13.2 Å². The Bertz CT molecular complexity index is 733. The minimum absolute atomic E-state index is 0.140. The van der Waals surface area contributed by atoms with Crippen LogP contribution in [0.3, 0.4) is 0 Å². The van der Waals surface area contributed by atoms with E-state index in [1.54, 1.807) is 54.6 Å². The van der Waals surface area contributed by atoms with Crippen molar-refractivity contribution in [3.63, 3.8) is 0 Å². The van der Waals surface area contributed by atoms with E-state index in [4.69, 9.17) is 5.21 Å². The van der Waals surface area contributed by atoms with Crippen molar-refractivity contribution in [2.45, 2.75) is 18.2 Å². The molecule has 2 aromatic rings. The van der Waals surface area contributed by atoms with Gasteiger partial charge < -0.3 is 0 Å². The average molecular weight is 334 g/mol. The third-order valence-electron chi connectivity index (χ3n) is 3.23. The van der Waals surface area contributed by atoms with Crippen LogP contribution in [0.4, 0.5) is 0 Å². The van der Waals surface area contributed by atoms with Crippen LogP contribution in [-0.4, -0.2) is 25.6 Å². The molecule has 0 aromatic heterocycles. The lowest BCUT2D eigenvalue weighted by atomic mass is 10.1. The topological polar surface area (TPSA) is 95.5 Å². The van der Waals surface area contributed by atoms with Crippen molar-refractivity contribution >= 4 is 15.9 Å². The van der Waals surface area contributed by atoms with Gasteiger partial charge in [-0.3, -0.25) is 10.0 Å². The van der Waals surface area contributed by atoms with Crippen LogP contribution in [0.1, 0.15) is 11.1 Å². The number of amides is 1. The maximum absolute atomic E-state index is 12.2. The molecule has 0 radical (unpaired) electrons. The summed E-state index contributed by atoms with van der Waals surface area (Å²) in [6, 6.07) is 16.5. The molecule has 0 heterocycles. The molecule has 0 fully saturated rings. The molecule has 23 heavy (non-hydrogen) atoms. The molecule has 0 aliphatic rings. The Morgan fingerprint density at radius 3 is 2.00 bits per heavy atom. The SMILES string of the molecule is O=C(NO)C(Cc1ccccc1)NS(=O)(=O)Cc1ccccc1. The third-order valence-corrected chi connectivity index (χ3v) is 4.59. The van der Waals surface area contributed by atoms with Crippen molar-refractivity contribution in [1.29, 1.82) is 0 Å². The third kappa shape index (κ3) is 5.48. The standard InChI is InChI=1S/C16H18N2O4S/c19-16(17-20)15(11-13-7-3-1-4-8-13)18-23(21,22)12-14-9-5-2-6-10-14/h1-10,15,18,20H,11-12H2,(H,17,19). The summed E-state index contributed by atoms with van der Waals surface area (Å²) in [5.41, 5.74) is 2.90. The number of sulfonamides is 1. The van der Waals surface area contributed by atoms with Crippen LogP contribution in [0.2, 0.25) is 0 Å². The van der Waals surface area contributed by atoms with Crippen molar-refractivity contribution in [3.8, 4) is 0 Å². The highest BCUT2D eigenvalue weighted by Gasteiger charge is 2.24. The molecule has 122 valence electrons. The Balaban J connectivity index is 2.12. The first-order valence-electron chi connectivity index (χ1n) is 7.02. The fraction of sp³-hybridized carbons (Fsp3) is 0.188. The number of carbonyl (C=O) groups excluding carboxylic acids is 1. The normalized spacial score (nSPS) is 12.6. The van der Waals surface area contributed by atoms with Crippen molar-refractivity contribution in [3.05, 3.63) is 71.8 Å². The lowest BCUT2D eigenvalue weighted by Crippen LogP contribution is -2.47. The van der Waals surface area contributed by atoms with Gasteiger partial charge >= 0.3 is 0 Å². The van der Waals surface area contributed by atoms with E-state index in [2.05, 4.69) is 4.72 Å². The summed E-state index contributed by atoms with van der Waals surface area (Å²) in [4.78, 5) is 11.8. The van der Waals surface area contributed by atoms with Gasteiger partial charge in [-0.2, -0.15) is 0 Å². The first-order chi connectivity index (χ1) is 11.0. The van der Waals surface area contributed by atoms with Gasteiger partial charge in [0.2, 0.25) is 10.0 Å². The second-order valence-electron chi connectivity index (χ2n) is 5.08. The summed E-state index contributed by atoms with van der Waals surface area (Å²) in [5.74, 6) is -1.04. The Morgan fingerprint density at radius 2 is 1.48 bits per heavy atom. The van der Waals surface area contributed by atoms with Crippen LogP contribution in [0.5, 0.6) is 0 Å². The molecule has 0 saturated heterocycles. The van der Waals surface area contributed by atoms with Crippen LogP contribution < -0.4 is 10.2 Å². The molecule has 6 nitrogen and oxygen atoms in total. The maximum Gasteiger partial charge on any atom is 0.261 e. The number of nitrogens with one attached hydrogen (secondary N) is 2. The fourth-order valence-electron chi connectivity index (χ4n) is 2.17. The molecule has 2 aromatic carbocycles. The van der Waals surface area contributed by atoms with Crippen LogP contribution >= 0.6 is 0 Å². The van der Waals surface area contributed by atoms with Crippen LogP contribution in [0.25, 0.3) is 0 Å². The van der Waals surface area contributed by atoms with Gasteiger partial charge in [0.25, 0.3) is 5.91 Å². The van der Waals surface area contributed by atoms with Gasteiger partial charge in [-0.15, -0.1) is 0 Å². The molecule has 7 heteroatoms. The van der Waals surface area contributed by atoms with Gasteiger partial charge in [0.15, 0.2) is 0 Å². The van der Waals surface area contributed by atoms with Gasteiger partial charge in [0.05, 0.1) is 5.75 Å². The highest BCUT2D eigenvalue weighted by molar-refractivity contribution is 7.88. The maximum atomic E-state index is 12.2. The highest BCUT2D eigenvalue weighted by Crippen LogP contribution is 2.08. The fourth-order valence-corrected chi connectivity index (χ4v) is 3.51. The Morgan fingerprint density at radius 1 is 0.957 bits per heavy atom. The first kappa shape index (κ1) is 17.1. The molecule has 0 aliphatic carbocycles. The number of rotatable bonds is 7. The van der Waals surface area contributed by atoms with E-state index in [0.29, 0.717) is 5.56 Å². The molecule has 0 bridgehead atoms. The van der Waals surface area contributed by atoms with E-state index in [-0.39, 0.29) is 12.2 Å². The van der Waals surface area contributed by atoms with Gasteiger partial charge in [-0.1, -0.05) is 60.7 Å². The van der Waals surface area contributed by atoms with E-state index >= 15 is 0 Å². The van der Waals surface area contributed by atoms with Crippen LogP contribution in [0.15, 0.2) is 60.7 Å². The van der Waals surface area contributed by atoms with Crippen molar-refractivity contribution in [1.82, 2.24) is 10.2 Å². The first-order valence-corrected chi connectivity index (χ1v) is 8.67. The molecular formula is C16H18N2O4S. The van der Waals surface area contributed by atoms with E-state index in [1.807, 2.05) is 6.07 Å². The molecule has 0 spiro atoms. The lowest BCUT2D eigenvalue weighted by Gasteiger charge is -2.17. The summed E-state index contributed by atoms with van der Waals surface area (Å²) >= 11 is 0. The number of hydrogen-bond acceptors (Lipinski definition) is 4. The van der Waals surface area contributed by atoms with Crippen molar-refractivity contribution in [2.75, 3.05) is 0 Å². The second kappa shape index (κ2) is 7.87. The van der Waals surface area contributed by atoms with Crippen LogP contribution in [0, 0.1) is 0 Å².